The molecule has 2 heterocycles. The minimum atomic E-state index is -0.905. The van der Waals surface area contributed by atoms with Crippen molar-refractivity contribution in [3.63, 3.8) is 0 Å². The molecule has 0 radical (unpaired) electrons. The molecule has 2 aliphatic heterocycles. The Morgan fingerprint density at radius 2 is 2.00 bits per heavy atom. The fourth-order valence-corrected chi connectivity index (χ4v) is 3.20. The molecule has 8 nitrogen and oxygen atoms in total. The van der Waals surface area contributed by atoms with Crippen molar-refractivity contribution in [1.29, 1.82) is 0 Å². The number of Topliss-reactive ketones (excluding diaryl/α,β-unsaturated/α-hetero) is 1. The summed E-state index contributed by atoms with van der Waals surface area (Å²) >= 11 is 0. The molecule has 1 fully saturated rings. The van der Waals surface area contributed by atoms with Gasteiger partial charge in [0.05, 0.1) is 11.6 Å². The van der Waals surface area contributed by atoms with Crippen molar-refractivity contribution in [2.24, 2.45) is 5.92 Å². The number of carboxylic acid groups (broad SMARTS) is 1. The van der Waals surface area contributed by atoms with E-state index in [0.717, 1.165) is 6.42 Å². The number of piperidine rings is 1. The van der Waals surface area contributed by atoms with Gasteiger partial charge in [0.15, 0.2) is 17.3 Å². The first-order valence-corrected chi connectivity index (χ1v) is 8.16. The van der Waals surface area contributed by atoms with E-state index >= 15 is 0 Å². The van der Waals surface area contributed by atoms with Gasteiger partial charge in [-0.1, -0.05) is 0 Å². The molecule has 3 rings (SSSR count). The molecule has 0 spiro atoms. The van der Waals surface area contributed by atoms with E-state index in [4.69, 9.17) is 9.47 Å². The molecule has 2 aliphatic rings. The predicted molar refractivity (Wildman–Crippen MR) is 88.0 cm³/mol. The van der Waals surface area contributed by atoms with Gasteiger partial charge in [-0.05, 0) is 32.4 Å². The van der Waals surface area contributed by atoms with Crippen LogP contribution in [0.2, 0.25) is 0 Å². The number of nitrogens with one attached hydrogen (secondary N) is 2. The van der Waals surface area contributed by atoms with Crippen molar-refractivity contribution in [3.05, 3.63) is 17.7 Å². The van der Waals surface area contributed by atoms with Crippen LogP contribution in [0.25, 0.3) is 0 Å². The Morgan fingerprint density at radius 3 is 2.68 bits per heavy atom. The number of hydrogen-bond donors (Lipinski definition) is 3. The molecule has 1 aromatic carbocycles. The number of ketones is 1. The van der Waals surface area contributed by atoms with Gasteiger partial charge >= 0.3 is 5.97 Å². The van der Waals surface area contributed by atoms with E-state index in [0.29, 0.717) is 35.7 Å². The lowest BCUT2D eigenvalue weighted by molar-refractivity contribution is -0.143. The first kappa shape index (κ1) is 17.2. The van der Waals surface area contributed by atoms with Crippen molar-refractivity contribution < 1.29 is 29.0 Å². The van der Waals surface area contributed by atoms with Crippen LogP contribution in [0.4, 0.5) is 5.69 Å². The molecular formula is C17H20N2O6. The van der Waals surface area contributed by atoms with Gasteiger partial charge in [0.1, 0.15) is 0 Å². The largest absolute Gasteiger partial charge is 0.481 e. The Kier molecular flexibility index (Phi) is 4.89. The van der Waals surface area contributed by atoms with Crippen LogP contribution in [0, 0.1) is 5.92 Å². The fourth-order valence-electron chi connectivity index (χ4n) is 3.20. The Morgan fingerprint density at radius 1 is 1.28 bits per heavy atom. The smallest absolute Gasteiger partial charge is 0.308 e. The maximum atomic E-state index is 12.4. The highest BCUT2D eigenvalue weighted by Crippen LogP contribution is 2.37. The molecule has 2 unspecified atom stereocenters. The van der Waals surface area contributed by atoms with E-state index in [1.165, 1.54) is 6.92 Å². The highest BCUT2D eigenvalue weighted by molar-refractivity contribution is 6.04. The van der Waals surface area contributed by atoms with Crippen molar-refractivity contribution in [2.75, 3.05) is 18.7 Å². The number of anilines is 1. The molecule has 134 valence electrons. The zero-order valence-electron chi connectivity index (χ0n) is 13.8. The number of fused-ring (bicyclic) bond motifs is 1. The number of hydrogen-bond acceptors (Lipinski definition) is 6. The SMILES string of the molecule is CC(=O)c1cc2c(cc1NC(=O)CC1NCCCC1C(=O)O)OCO2. The second-order valence-corrected chi connectivity index (χ2v) is 6.21. The van der Waals surface area contributed by atoms with E-state index < -0.39 is 17.9 Å². The maximum absolute atomic E-state index is 12.4. The zero-order valence-corrected chi connectivity index (χ0v) is 13.8. The first-order valence-electron chi connectivity index (χ1n) is 8.16. The van der Waals surface area contributed by atoms with Crippen molar-refractivity contribution in [3.8, 4) is 11.5 Å². The van der Waals surface area contributed by atoms with Crippen LogP contribution in [0.5, 0.6) is 11.5 Å². The molecule has 2 atom stereocenters. The van der Waals surface area contributed by atoms with Crippen LogP contribution >= 0.6 is 0 Å². The number of carboxylic acids is 1. The second kappa shape index (κ2) is 7.10. The van der Waals surface area contributed by atoms with Gasteiger partial charge in [-0.2, -0.15) is 0 Å². The summed E-state index contributed by atoms with van der Waals surface area (Å²) in [7, 11) is 0. The highest BCUT2D eigenvalue weighted by Gasteiger charge is 2.32. The van der Waals surface area contributed by atoms with Crippen LogP contribution in [-0.4, -0.2) is 42.1 Å². The van der Waals surface area contributed by atoms with Crippen molar-refractivity contribution in [2.45, 2.75) is 32.2 Å². The molecule has 0 aromatic heterocycles. The molecule has 8 heteroatoms. The van der Waals surface area contributed by atoms with Crippen molar-refractivity contribution in [1.82, 2.24) is 5.32 Å². The summed E-state index contributed by atoms with van der Waals surface area (Å²) < 4.78 is 10.5. The standard InChI is InChI=1S/C17H20N2O6/c1-9(20)11-5-14-15(25-8-24-14)6-13(11)19-16(21)7-12-10(17(22)23)3-2-4-18-12/h5-6,10,12,18H,2-4,7-8H2,1H3,(H,19,21)(H,22,23). The number of amides is 1. The minimum Gasteiger partial charge on any atom is -0.481 e. The zero-order chi connectivity index (χ0) is 18.0. The second-order valence-electron chi connectivity index (χ2n) is 6.21. The summed E-state index contributed by atoms with van der Waals surface area (Å²) in [6.07, 6.45) is 1.33. The molecule has 25 heavy (non-hydrogen) atoms. The van der Waals surface area contributed by atoms with E-state index in [9.17, 15) is 19.5 Å². The fraction of sp³-hybridized carbons (Fsp3) is 0.471. The van der Waals surface area contributed by atoms with E-state index in [1.54, 1.807) is 12.1 Å². The third-order valence-electron chi connectivity index (χ3n) is 4.47. The van der Waals surface area contributed by atoms with Crippen LogP contribution in [0.15, 0.2) is 12.1 Å². The lowest BCUT2D eigenvalue weighted by Gasteiger charge is -2.29. The van der Waals surface area contributed by atoms with Crippen LogP contribution in [0.3, 0.4) is 0 Å². The van der Waals surface area contributed by atoms with Crippen molar-refractivity contribution >= 4 is 23.3 Å². The van der Waals surface area contributed by atoms with Crippen LogP contribution in [-0.2, 0) is 9.59 Å². The van der Waals surface area contributed by atoms with Gasteiger partial charge in [0.25, 0.3) is 0 Å². The van der Waals surface area contributed by atoms with Gasteiger partial charge in [0, 0.05) is 24.1 Å². The molecular weight excluding hydrogens is 328 g/mol. The molecule has 0 bridgehead atoms. The topological polar surface area (TPSA) is 114 Å². The summed E-state index contributed by atoms with van der Waals surface area (Å²) in [6, 6.07) is 2.67. The molecule has 0 aliphatic carbocycles. The Bertz CT molecular complexity index is 717. The van der Waals surface area contributed by atoms with E-state index in [-0.39, 0.29) is 24.9 Å². The summed E-state index contributed by atoms with van der Waals surface area (Å²) in [5.41, 5.74) is 0.661. The molecule has 1 saturated heterocycles. The van der Waals surface area contributed by atoms with Gasteiger partial charge in [-0.3, -0.25) is 14.4 Å². The Labute approximate surface area is 144 Å². The first-order chi connectivity index (χ1) is 12.0. The highest BCUT2D eigenvalue weighted by atomic mass is 16.7. The summed E-state index contributed by atoms with van der Waals surface area (Å²) in [6.45, 7) is 2.15. The monoisotopic (exact) mass is 348 g/mol. The van der Waals surface area contributed by atoms with Crippen LogP contribution in [0.1, 0.15) is 36.5 Å². The third-order valence-corrected chi connectivity index (χ3v) is 4.47. The average molecular weight is 348 g/mol. The van der Waals surface area contributed by atoms with Gasteiger partial charge < -0.3 is 25.2 Å². The minimum absolute atomic E-state index is 0.0166. The van der Waals surface area contributed by atoms with Crippen LogP contribution < -0.4 is 20.1 Å². The normalized spacial score (nSPS) is 21.6. The van der Waals surface area contributed by atoms with E-state index in [2.05, 4.69) is 10.6 Å². The summed E-state index contributed by atoms with van der Waals surface area (Å²) in [5, 5.41) is 15.1. The average Bonchev–Trinajstić information content (AvgIpc) is 3.01. The lowest BCUT2D eigenvalue weighted by atomic mass is 9.88. The number of aliphatic carboxylic acids is 1. The molecule has 1 amide bonds. The molecule has 1 aromatic rings. The maximum Gasteiger partial charge on any atom is 0.308 e. The Balaban J connectivity index is 1.74. The van der Waals surface area contributed by atoms with Gasteiger partial charge in [-0.25, -0.2) is 0 Å². The number of rotatable bonds is 5. The van der Waals surface area contributed by atoms with Gasteiger partial charge in [0.2, 0.25) is 12.7 Å². The number of carbonyl (C=O) groups is 3. The quantitative estimate of drug-likeness (QED) is 0.689. The molecule has 0 saturated carbocycles. The van der Waals surface area contributed by atoms with E-state index in [1.807, 2.05) is 0 Å². The number of ether oxygens (including phenoxy) is 2. The molecule has 3 N–H and O–H groups in total. The predicted octanol–water partition coefficient (Wildman–Crippen LogP) is 1.40. The summed E-state index contributed by atoms with van der Waals surface area (Å²) in [4.78, 5) is 35.6. The van der Waals surface area contributed by atoms with Gasteiger partial charge in [-0.15, -0.1) is 0 Å². The number of benzene rings is 1. The Hall–Kier alpha value is -2.61. The lowest BCUT2D eigenvalue weighted by Crippen LogP contribution is -2.46. The third kappa shape index (κ3) is 3.74. The summed E-state index contributed by atoms with van der Waals surface area (Å²) in [5.74, 6) is -1.15. The number of carbonyl (C=O) groups excluding carboxylic acids is 2.